The van der Waals surface area contributed by atoms with Crippen molar-refractivity contribution in [3.05, 3.63) is 50.0 Å². The van der Waals surface area contributed by atoms with E-state index < -0.39 is 0 Å². The molecular formula is C22H26Cl2N6O2. The van der Waals surface area contributed by atoms with Gasteiger partial charge in [0.1, 0.15) is 5.82 Å². The molecular weight excluding hydrogens is 451 g/mol. The molecule has 1 amide bonds. The molecule has 1 aliphatic heterocycles. The van der Waals surface area contributed by atoms with Crippen molar-refractivity contribution >= 4 is 40.3 Å². The van der Waals surface area contributed by atoms with Crippen LogP contribution < -0.4 is 5.56 Å². The number of halogens is 2. The first-order chi connectivity index (χ1) is 15.4. The van der Waals surface area contributed by atoms with Crippen LogP contribution in [-0.4, -0.2) is 48.9 Å². The number of nitrogens with zero attached hydrogens (tertiary/aromatic N) is 5. The number of aromatic nitrogens is 5. The molecule has 1 saturated heterocycles. The van der Waals surface area contributed by atoms with E-state index in [9.17, 15) is 9.59 Å². The van der Waals surface area contributed by atoms with Crippen molar-refractivity contribution in [1.29, 1.82) is 0 Å². The predicted molar refractivity (Wildman–Crippen MR) is 124 cm³/mol. The lowest BCUT2D eigenvalue weighted by Gasteiger charge is -2.33. The number of benzene rings is 1. The number of piperidine rings is 1. The molecule has 170 valence electrons. The van der Waals surface area contributed by atoms with Gasteiger partial charge in [0.2, 0.25) is 5.91 Å². The number of rotatable bonds is 6. The summed E-state index contributed by atoms with van der Waals surface area (Å²) in [4.78, 5) is 34.9. The molecule has 0 atom stereocenters. The Bertz CT molecular complexity index is 1160. The summed E-state index contributed by atoms with van der Waals surface area (Å²) in [6.45, 7) is 5.68. The third kappa shape index (κ3) is 4.38. The highest BCUT2D eigenvalue weighted by Gasteiger charge is 2.29. The quantitative estimate of drug-likeness (QED) is 0.579. The average Bonchev–Trinajstić information content (AvgIpc) is 3.20. The first-order valence-electron chi connectivity index (χ1n) is 11.0. The molecule has 1 aromatic carbocycles. The largest absolute Gasteiger partial charge is 0.342 e. The monoisotopic (exact) mass is 476 g/mol. The van der Waals surface area contributed by atoms with Crippen LogP contribution >= 0.6 is 23.2 Å². The van der Waals surface area contributed by atoms with Crippen LogP contribution in [0.15, 0.2) is 23.0 Å². The molecule has 0 bridgehead atoms. The summed E-state index contributed by atoms with van der Waals surface area (Å²) in [6, 6.07) is 5.28. The minimum absolute atomic E-state index is 0.0603. The van der Waals surface area contributed by atoms with Gasteiger partial charge in [0.25, 0.3) is 5.56 Å². The van der Waals surface area contributed by atoms with Crippen LogP contribution in [0.1, 0.15) is 56.8 Å². The molecule has 0 radical (unpaired) electrons. The average molecular weight is 477 g/mol. The van der Waals surface area contributed by atoms with Crippen molar-refractivity contribution in [2.24, 2.45) is 5.92 Å². The molecule has 4 rings (SSSR count). The highest BCUT2D eigenvalue weighted by molar-refractivity contribution is 6.36. The van der Waals surface area contributed by atoms with Gasteiger partial charge in [-0.2, -0.15) is 0 Å². The Kier molecular flexibility index (Phi) is 6.81. The maximum atomic E-state index is 12.7. The molecule has 1 aliphatic rings. The fraction of sp³-hybridized carbons (Fsp3) is 0.500. The van der Waals surface area contributed by atoms with Gasteiger partial charge < -0.3 is 9.88 Å². The van der Waals surface area contributed by atoms with E-state index >= 15 is 0 Å². The lowest BCUT2D eigenvalue weighted by Crippen LogP contribution is -2.41. The number of nitrogens with one attached hydrogen (secondary N) is 1. The van der Waals surface area contributed by atoms with Gasteiger partial charge in [-0.3, -0.25) is 9.59 Å². The minimum Gasteiger partial charge on any atom is -0.342 e. The number of hydrogen-bond donors (Lipinski definition) is 1. The second-order valence-corrected chi connectivity index (χ2v) is 9.00. The number of fused-ring (bicyclic) bond motifs is 1. The molecule has 1 N–H and O–H groups in total. The molecule has 3 heterocycles. The molecule has 2 aromatic heterocycles. The van der Waals surface area contributed by atoms with Gasteiger partial charge in [-0.25, -0.2) is 9.67 Å². The highest BCUT2D eigenvalue weighted by atomic mass is 35.5. The third-order valence-corrected chi connectivity index (χ3v) is 7.00. The summed E-state index contributed by atoms with van der Waals surface area (Å²) in [5.74, 6) is 0.971. The zero-order valence-corrected chi connectivity index (χ0v) is 19.7. The Labute approximate surface area is 195 Å². The van der Waals surface area contributed by atoms with E-state index in [0.29, 0.717) is 40.2 Å². The van der Waals surface area contributed by atoms with Crippen molar-refractivity contribution < 1.29 is 4.79 Å². The fourth-order valence-electron chi connectivity index (χ4n) is 4.29. The zero-order valence-electron chi connectivity index (χ0n) is 18.1. The van der Waals surface area contributed by atoms with Crippen LogP contribution in [0.3, 0.4) is 0 Å². The molecule has 3 aromatic rings. The second-order valence-electron chi connectivity index (χ2n) is 8.18. The normalized spacial score (nSPS) is 15.1. The van der Waals surface area contributed by atoms with Crippen LogP contribution in [0.25, 0.3) is 11.2 Å². The number of carbonyl (C=O) groups is 1. The second kappa shape index (κ2) is 9.58. The molecule has 0 aliphatic carbocycles. The fourth-order valence-corrected chi connectivity index (χ4v) is 4.80. The van der Waals surface area contributed by atoms with Gasteiger partial charge in [0.15, 0.2) is 11.2 Å². The van der Waals surface area contributed by atoms with E-state index in [-0.39, 0.29) is 35.4 Å². The van der Waals surface area contributed by atoms with Crippen LogP contribution in [0, 0.1) is 5.92 Å². The molecule has 1 fully saturated rings. The molecule has 0 saturated carbocycles. The maximum Gasteiger partial charge on any atom is 0.281 e. The van der Waals surface area contributed by atoms with Crippen molar-refractivity contribution in [2.45, 2.75) is 52.0 Å². The number of likely N-dealkylation sites (tertiary alicyclic amines) is 1. The van der Waals surface area contributed by atoms with E-state index in [2.05, 4.69) is 29.1 Å². The summed E-state index contributed by atoms with van der Waals surface area (Å²) in [7, 11) is 0. The first kappa shape index (κ1) is 22.7. The van der Waals surface area contributed by atoms with Crippen LogP contribution in [0.4, 0.5) is 0 Å². The van der Waals surface area contributed by atoms with E-state index in [1.54, 1.807) is 22.9 Å². The molecule has 32 heavy (non-hydrogen) atoms. The standard InChI is InChI=1S/C22H26Cl2N6O2/c1-3-13(4-2)22(32)29-10-8-14(9-11-29)19-25-20-18(21(31)26-19)27-28-30(20)12-15-16(23)6-5-7-17(15)24/h5-7,13-14H,3-4,8-12H2,1-2H3,(H,25,26,31). The Morgan fingerprint density at radius 1 is 1.19 bits per heavy atom. The summed E-state index contributed by atoms with van der Waals surface area (Å²) < 4.78 is 1.55. The van der Waals surface area contributed by atoms with Crippen molar-refractivity contribution in [3.8, 4) is 0 Å². The zero-order chi connectivity index (χ0) is 22.8. The third-order valence-electron chi connectivity index (χ3n) is 6.29. The maximum absolute atomic E-state index is 12.7. The lowest BCUT2D eigenvalue weighted by atomic mass is 9.93. The predicted octanol–water partition coefficient (Wildman–Crippen LogP) is 4.01. The SMILES string of the molecule is CCC(CC)C(=O)N1CCC(c2nc3c(nnn3Cc3c(Cl)cccc3Cl)c(=O)[nH]2)CC1. The van der Waals surface area contributed by atoms with Crippen molar-refractivity contribution in [2.75, 3.05) is 13.1 Å². The summed E-state index contributed by atoms with van der Waals surface area (Å²) in [5.41, 5.74) is 0.949. The first-order valence-corrected chi connectivity index (χ1v) is 11.7. The van der Waals surface area contributed by atoms with Crippen molar-refractivity contribution in [1.82, 2.24) is 29.9 Å². The molecule has 0 unspecified atom stereocenters. The van der Waals surface area contributed by atoms with Crippen LogP contribution in [-0.2, 0) is 11.3 Å². The molecule has 10 heteroatoms. The van der Waals surface area contributed by atoms with E-state index in [0.717, 1.165) is 25.7 Å². The highest BCUT2D eigenvalue weighted by Crippen LogP contribution is 2.28. The summed E-state index contributed by atoms with van der Waals surface area (Å²) in [5, 5.41) is 9.14. The lowest BCUT2D eigenvalue weighted by molar-refractivity contribution is -0.136. The van der Waals surface area contributed by atoms with Gasteiger partial charge in [-0.15, -0.1) is 5.10 Å². The number of carbonyl (C=O) groups excluding carboxylic acids is 1. The van der Waals surface area contributed by atoms with Gasteiger partial charge >= 0.3 is 0 Å². The Morgan fingerprint density at radius 3 is 2.47 bits per heavy atom. The van der Waals surface area contributed by atoms with Gasteiger partial charge in [0.05, 0.1) is 6.54 Å². The van der Waals surface area contributed by atoms with Crippen LogP contribution in [0.5, 0.6) is 0 Å². The Balaban J connectivity index is 1.57. The Morgan fingerprint density at radius 2 is 1.84 bits per heavy atom. The molecule has 0 spiro atoms. The Hall–Kier alpha value is -2.45. The van der Waals surface area contributed by atoms with Gasteiger partial charge in [-0.05, 0) is 37.8 Å². The number of amides is 1. The van der Waals surface area contributed by atoms with E-state index in [4.69, 9.17) is 28.2 Å². The number of hydrogen-bond acceptors (Lipinski definition) is 5. The smallest absolute Gasteiger partial charge is 0.281 e. The van der Waals surface area contributed by atoms with Crippen molar-refractivity contribution in [3.63, 3.8) is 0 Å². The molecule has 8 nitrogen and oxygen atoms in total. The number of H-pyrrole nitrogens is 1. The van der Waals surface area contributed by atoms with E-state index in [1.165, 1.54) is 0 Å². The summed E-state index contributed by atoms with van der Waals surface area (Å²) in [6.07, 6.45) is 3.21. The van der Waals surface area contributed by atoms with Gasteiger partial charge in [0, 0.05) is 40.5 Å². The number of aromatic amines is 1. The summed E-state index contributed by atoms with van der Waals surface area (Å²) >= 11 is 12.6. The minimum atomic E-state index is -0.322. The van der Waals surface area contributed by atoms with E-state index in [1.807, 2.05) is 4.90 Å². The van der Waals surface area contributed by atoms with Gasteiger partial charge in [-0.1, -0.05) is 48.3 Å². The van der Waals surface area contributed by atoms with Crippen LogP contribution in [0.2, 0.25) is 10.0 Å². The topological polar surface area (TPSA) is 96.8 Å².